The Morgan fingerprint density at radius 1 is 1.27 bits per heavy atom. The summed E-state index contributed by atoms with van der Waals surface area (Å²) in [5.74, 6) is 0.374. The third-order valence-electron chi connectivity index (χ3n) is 1.14. The first-order valence-corrected chi connectivity index (χ1v) is 5.42. The Morgan fingerprint density at radius 2 is 1.93 bits per heavy atom. The molecule has 78 valence electrons. The molecule has 0 aliphatic heterocycles. The molecule has 0 aromatic carbocycles. The van der Waals surface area contributed by atoms with E-state index in [4.69, 9.17) is 5.14 Å². The van der Waals surface area contributed by atoms with Crippen LogP contribution >= 0.6 is 23.3 Å². The van der Waals surface area contributed by atoms with Crippen LogP contribution in [0, 0.1) is 0 Å². The summed E-state index contributed by atoms with van der Waals surface area (Å²) in [6.07, 6.45) is 2.63. The zero-order valence-electron chi connectivity index (χ0n) is 7.70. The van der Waals surface area contributed by atoms with Crippen LogP contribution in [0.15, 0.2) is 50.4 Å². The Labute approximate surface area is 94.9 Å². The first-order chi connectivity index (χ1) is 7.31. The van der Waals surface area contributed by atoms with Crippen molar-refractivity contribution in [3.8, 4) is 0 Å². The smallest absolute Gasteiger partial charge is 0.214 e. The molecule has 0 saturated heterocycles. The summed E-state index contributed by atoms with van der Waals surface area (Å²) >= 11 is 2.30. The molecule has 2 N–H and O–H groups in total. The normalized spacial score (nSPS) is 11.3. The lowest BCUT2D eigenvalue weighted by molar-refractivity contribution is 1.12. The second-order valence-electron chi connectivity index (χ2n) is 2.02. The SMILES string of the molecule is C=CN=Nc1nc(SN)sc1N=NC=C. The van der Waals surface area contributed by atoms with Gasteiger partial charge in [-0.2, -0.15) is 10.2 Å². The van der Waals surface area contributed by atoms with Crippen molar-refractivity contribution in [3.63, 3.8) is 0 Å². The van der Waals surface area contributed by atoms with Crippen LogP contribution in [-0.4, -0.2) is 4.98 Å². The number of azo groups is 2. The Kier molecular flexibility index (Phi) is 4.81. The molecule has 0 atom stereocenters. The van der Waals surface area contributed by atoms with Crippen molar-refractivity contribution in [2.24, 2.45) is 25.6 Å². The molecule has 6 nitrogen and oxygen atoms in total. The molecule has 0 aliphatic carbocycles. The molecule has 0 radical (unpaired) electrons. The van der Waals surface area contributed by atoms with Gasteiger partial charge in [0.1, 0.15) is 0 Å². The maximum atomic E-state index is 5.37. The van der Waals surface area contributed by atoms with Crippen molar-refractivity contribution >= 4 is 34.1 Å². The molecule has 0 spiro atoms. The van der Waals surface area contributed by atoms with Crippen molar-refractivity contribution in [2.45, 2.75) is 4.34 Å². The van der Waals surface area contributed by atoms with Crippen LogP contribution < -0.4 is 5.14 Å². The average molecular weight is 240 g/mol. The van der Waals surface area contributed by atoms with E-state index in [0.29, 0.717) is 15.2 Å². The highest BCUT2D eigenvalue weighted by Gasteiger charge is 2.09. The quantitative estimate of drug-likeness (QED) is 0.630. The van der Waals surface area contributed by atoms with Gasteiger partial charge in [0.05, 0.1) is 0 Å². The molecule has 1 aromatic heterocycles. The zero-order chi connectivity index (χ0) is 11.1. The summed E-state index contributed by atoms with van der Waals surface area (Å²) in [4.78, 5) is 4.08. The molecule has 0 unspecified atom stereocenters. The van der Waals surface area contributed by atoms with E-state index in [1.165, 1.54) is 23.7 Å². The lowest BCUT2D eigenvalue weighted by Gasteiger charge is -1.83. The molecule has 8 heteroatoms. The van der Waals surface area contributed by atoms with E-state index in [1.807, 2.05) is 0 Å². The second kappa shape index (κ2) is 6.17. The van der Waals surface area contributed by atoms with Gasteiger partial charge in [-0.1, -0.05) is 24.5 Å². The van der Waals surface area contributed by atoms with Gasteiger partial charge in [-0.25, -0.2) is 4.98 Å². The number of hydrogen-bond acceptors (Lipinski definition) is 8. The fraction of sp³-hybridized carbons (Fsp3) is 0. The summed E-state index contributed by atoms with van der Waals surface area (Å²) in [6.45, 7) is 6.83. The van der Waals surface area contributed by atoms with Gasteiger partial charge in [0, 0.05) is 12.4 Å². The molecule has 1 rings (SSSR count). The fourth-order valence-corrected chi connectivity index (χ4v) is 1.79. The molecule has 1 heterocycles. The van der Waals surface area contributed by atoms with Gasteiger partial charge in [0.25, 0.3) is 0 Å². The molecule has 0 amide bonds. The molecule has 0 bridgehead atoms. The van der Waals surface area contributed by atoms with Crippen LogP contribution in [0.3, 0.4) is 0 Å². The minimum atomic E-state index is 0.374. The van der Waals surface area contributed by atoms with Gasteiger partial charge in [-0.05, 0) is 11.9 Å². The van der Waals surface area contributed by atoms with Gasteiger partial charge >= 0.3 is 0 Å². The molecule has 15 heavy (non-hydrogen) atoms. The highest BCUT2D eigenvalue weighted by atomic mass is 32.2. The number of nitrogens with two attached hydrogens (primary N) is 1. The summed E-state index contributed by atoms with van der Waals surface area (Å²) < 4.78 is 0.644. The van der Waals surface area contributed by atoms with Crippen LogP contribution in [0.1, 0.15) is 0 Å². The van der Waals surface area contributed by atoms with E-state index in [2.05, 4.69) is 38.6 Å². The predicted octanol–water partition coefficient (Wildman–Crippen LogP) is 3.56. The standard InChI is InChI=1S/C7H8N6S2/c1-3-9-12-5-6(13-10-4-2)14-7(11-5)15-8/h3-4H,1-2,8H2. The Balaban J connectivity index is 3.04. The minimum Gasteiger partial charge on any atom is -0.272 e. The van der Waals surface area contributed by atoms with Gasteiger partial charge < -0.3 is 0 Å². The average Bonchev–Trinajstić information content (AvgIpc) is 2.66. The van der Waals surface area contributed by atoms with Crippen LogP contribution in [0.5, 0.6) is 0 Å². The van der Waals surface area contributed by atoms with Crippen molar-refractivity contribution in [3.05, 3.63) is 25.6 Å². The van der Waals surface area contributed by atoms with Gasteiger partial charge in [-0.3, -0.25) is 5.14 Å². The molecular formula is C7H8N6S2. The first-order valence-electron chi connectivity index (χ1n) is 3.73. The molecule has 0 saturated carbocycles. The second-order valence-corrected chi connectivity index (χ2v) is 3.88. The summed E-state index contributed by atoms with van der Waals surface area (Å²) in [5.41, 5.74) is 0. The Hall–Kier alpha value is -1.38. The third kappa shape index (κ3) is 3.35. The number of rotatable bonds is 5. The van der Waals surface area contributed by atoms with Crippen LogP contribution in [0.4, 0.5) is 10.8 Å². The van der Waals surface area contributed by atoms with E-state index in [-0.39, 0.29) is 0 Å². The van der Waals surface area contributed by atoms with Crippen molar-refractivity contribution < 1.29 is 0 Å². The monoisotopic (exact) mass is 240 g/mol. The van der Waals surface area contributed by atoms with E-state index in [0.717, 1.165) is 11.9 Å². The maximum absolute atomic E-state index is 5.37. The molecule has 0 aliphatic rings. The number of thiazole rings is 1. The van der Waals surface area contributed by atoms with E-state index in [1.54, 1.807) is 0 Å². The molecule has 0 fully saturated rings. The van der Waals surface area contributed by atoms with Crippen LogP contribution in [0.2, 0.25) is 0 Å². The van der Waals surface area contributed by atoms with Crippen molar-refractivity contribution in [2.75, 3.05) is 0 Å². The number of hydrogen-bond donors (Lipinski definition) is 1. The number of aromatic nitrogens is 1. The lowest BCUT2D eigenvalue weighted by Crippen LogP contribution is -1.75. The largest absolute Gasteiger partial charge is 0.272 e. The third-order valence-corrected chi connectivity index (χ3v) is 2.69. The Morgan fingerprint density at radius 3 is 2.53 bits per heavy atom. The summed E-state index contributed by atoms with van der Waals surface area (Å²) in [7, 11) is 0. The topological polar surface area (TPSA) is 88.3 Å². The fourth-order valence-electron chi connectivity index (χ4n) is 0.655. The highest BCUT2D eigenvalue weighted by molar-refractivity contribution is 7.98. The highest BCUT2D eigenvalue weighted by Crippen LogP contribution is 2.37. The number of nitrogens with zero attached hydrogens (tertiary/aromatic N) is 5. The molecule has 1 aromatic rings. The van der Waals surface area contributed by atoms with E-state index >= 15 is 0 Å². The first kappa shape index (κ1) is 11.7. The Bertz CT molecular complexity index is 372. The minimum absolute atomic E-state index is 0.374. The lowest BCUT2D eigenvalue weighted by atomic mass is 10.7. The molecular weight excluding hydrogens is 232 g/mol. The maximum Gasteiger partial charge on any atom is 0.214 e. The van der Waals surface area contributed by atoms with Gasteiger partial charge in [-0.15, -0.1) is 10.2 Å². The zero-order valence-corrected chi connectivity index (χ0v) is 9.33. The van der Waals surface area contributed by atoms with E-state index < -0.39 is 0 Å². The summed E-state index contributed by atoms with van der Waals surface area (Å²) in [6, 6.07) is 0. The van der Waals surface area contributed by atoms with Crippen molar-refractivity contribution in [1.82, 2.24) is 4.98 Å². The van der Waals surface area contributed by atoms with E-state index in [9.17, 15) is 0 Å². The summed E-state index contributed by atoms with van der Waals surface area (Å²) in [5, 5.41) is 20.8. The van der Waals surface area contributed by atoms with Crippen LogP contribution in [0.25, 0.3) is 0 Å². The van der Waals surface area contributed by atoms with Crippen LogP contribution in [-0.2, 0) is 0 Å². The van der Waals surface area contributed by atoms with Gasteiger partial charge in [0.2, 0.25) is 5.82 Å². The van der Waals surface area contributed by atoms with Gasteiger partial charge in [0.15, 0.2) is 9.34 Å². The predicted molar refractivity (Wildman–Crippen MR) is 61.6 cm³/mol. The van der Waals surface area contributed by atoms with Crippen molar-refractivity contribution in [1.29, 1.82) is 0 Å².